The number of fused-ring (bicyclic) bond motifs is 1. The molecule has 2 aliphatic heterocycles. The van der Waals surface area contributed by atoms with Crippen LogP contribution in [0.15, 0.2) is 48.7 Å². The summed E-state index contributed by atoms with van der Waals surface area (Å²) in [4.78, 5) is 20.7. The quantitative estimate of drug-likeness (QED) is 0.312. The summed E-state index contributed by atoms with van der Waals surface area (Å²) in [7, 11) is 0. The molecular formula is C27H29FN6O3S. The fourth-order valence-corrected chi connectivity index (χ4v) is 5.57. The Morgan fingerprint density at radius 1 is 1.26 bits per heavy atom. The molecule has 5 N–H and O–H groups in total. The number of aliphatic hydroxyl groups excluding tert-OH is 1. The number of carbonyl (C=O) groups excluding carboxylic acids is 1. The van der Waals surface area contributed by atoms with Gasteiger partial charge in [0.1, 0.15) is 12.0 Å². The number of pyridine rings is 1. The molecule has 9 nitrogen and oxygen atoms in total. The third-order valence-corrected chi connectivity index (χ3v) is 7.75. The average Bonchev–Trinajstić information content (AvgIpc) is 3.60. The second-order valence-electron chi connectivity index (χ2n) is 9.68. The van der Waals surface area contributed by atoms with Gasteiger partial charge in [-0.15, -0.1) is 11.3 Å². The Morgan fingerprint density at radius 3 is 2.92 bits per heavy atom. The summed E-state index contributed by atoms with van der Waals surface area (Å²) in [6.07, 6.45) is 5.23. The van der Waals surface area contributed by atoms with Crippen molar-refractivity contribution in [3.63, 3.8) is 0 Å². The highest BCUT2D eigenvalue weighted by molar-refractivity contribution is 7.17. The topological polar surface area (TPSA) is 111 Å². The summed E-state index contributed by atoms with van der Waals surface area (Å²) >= 11 is 1.53. The van der Waals surface area contributed by atoms with E-state index in [1.165, 1.54) is 23.5 Å². The normalized spacial score (nSPS) is 19.2. The summed E-state index contributed by atoms with van der Waals surface area (Å²) < 4.78 is 20.8. The second kappa shape index (κ2) is 10.7. The summed E-state index contributed by atoms with van der Waals surface area (Å²) in [6.45, 7) is 3.54. The van der Waals surface area contributed by atoms with E-state index in [0.29, 0.717) is 24.5 Å². The van der Waals surface area contributed by atoms with Crippen molar-refractivity contribution in [1.29, 1.82) is 0 Å². The van der Waals surface area contributed by atoms with Gasteiger partial charge >= 0.3 is 6.03 Å². The van der Waals surface area contributed by atoms with E-state index >= 15 is 0 Å². The number of nitrogens with zero attached hydrogens (tertiary/aromatic N) is 2. The van der Waals surface area contributed by atoms with Crippen LogP contribution in [0.25, 0.3) is 16.3 Å². The Hall–Kier alpha value is -3.51. The first kappa shape index (κ1) is 24.8. The van der Waals surface area contributed by atoms with Gasteiger partial charge in [-0.2, -0.15) is 0 Å². The Labute approximate surface area is 223 Å². The van der Waals surface area contributed by atoms with E-state index in [1.807, 2.05) is 24.4 Å². The van der Waals surface area contributed by atoms with Crippen molar-refractivity contribution < 1.29 is 19.0 Å². The number of urea groups is 1. The number of amides is 2. The molecule has 1 atom stereocenters. The number of aliphatic hydroxyl groups is 1. The molecule has 2 aromatic heterocycles. The Bertz CT molecular complexity index is 1360. The SMILES string of the molecule is O=C(Nc1ccc(OC2=CCNc3cc(-c4ccc(CN5CCNC(O)C5)cn4)sc32)c(F)c1)NC1CC1. The molecule has 0 radical (unpaired) electrons. The van der Waals surface area contributed by atoms with Crippen molar-refractivity contribution in [3.8, 4) is 16.3 Å². The van der Waals surface area contributed by atoms with Crippen LogP contribution in [0.3, 0.4) is 0 Å². The van der Waals surface area contributed by atoms with Gasteiger partial charge in [0, 0.05) is 56.7 Å². The number of hydrogen-bond acceptors (Lipinski definition) is 8. The minimum atomic E-state index is -0.554. The molecular weight excluding hydrogens is 507 g/mol. The highest BCUT2D eigenvalue weighted by Crippen LogP contribution is 2.41. The van der Waals surface area contributed by atoms with Crippen LogP contribution in [-0.4, -0.2) is 59.5 Å². The third-order valence-electron chi connectivity index (χ3n) is 6.58. The van der Waals surface area contributed by atoms with Gasteiger partial charge in [-0.05, 0) is 48.7 Å². The van der Waals surface area contributed by atoms with Crippen molar-refractivity contribution >= 4 is 34.5 Å². The third kappa shape index (κ3) is 5.81. The van der Waals surface area contributed by atoms with Crippen molar-refractivity contribution in [2.75, 3.05) is 36.8 Å². The predicted octanol–water partition coefficient (Wildman–Crippen LogP) is 3.80. The van der Waals surface area contributed by atoms with Gasteiger partial charge in [0.15, 0.2) is 11.6 Å². The maximum absolute atomic E-state index is 14.8. The minimum absolute atomic E-state index is 0.0905. The van der Waals surface area contributed by atoms with Gasteiger partial charge in [-0.25, -0.2) is 9.18 Å². The number of carbonyl (C=O) groups is 1. The van der Waals surface area contributed by atoms with E-state index in [0.717, 1.165) is 59.2 Å². The van der Waals surface area contributed by atoms with Crippen LogP contribution in [0.1, 0.15) is 23.3 Å². The van der Waals surface area contributed by atoms with Crippen LogP contribution in [-0.2, 0) is 6.54 Å². The zero-order valence-electron chi connectivity index (χ0n) is 20.7. The van der Waals surface area contributed by atoms with Crippen LogP contribution in [0.5, 0.6) is 5.75 Å². The van der Waals surface area contributed by atoms with Gasteiger partial charge in [0.05, 0.1) is 21.1 Å². The monoisotopic (exact) mass is 536 g/mol. The lowest BCUT2D eigenvalue weighted by Crippen LogP contribution is -2.50. The largest absolute Gasteiger partial charge is 0.453 e. The van der Waals surface area contributed by atoms with E-state index in [1.54, 1.807) is 6.07 Å². The lowest BCUT2D eigenvalue weighted by atomic mass is 10.2. The number of halogens is 1. The van der Waals surface area contributed by atoms with Gasteiger partial charge in [-0.3, -0.25) is 15.2 Å². The van der Waals surface area contributed by atoms with E-state index in [9.17, 15) is 14.3 Å². The first-order chi connectivity index (χ1) is 18.5. The first-order valence-corrected chi connectivity index (χ1v) is 13.5. The van der Waals surface area contributed by atoms with Crippen molar-refractivity contribution in [3.05, 3.63) is 64.9 Å². The molecule has 11 heteroatoms. The van der Waals surface area contributed by atoms with Gasteiger partial charge < -0.3 is 25.8 Å². The highest BCUT2D eigenvalue weighted by atomic mass is 32.1. The van der Waals surface area contributed by atoms with Crippen LogP contribution in [0.4, 0.5) is 20.6 Å². The zero-order valence-corrected chi connectivity index (χ0v) is 21.5. The number of piperazine rings is 1. The van der Waals surface area contributed by atoms with Crippen molar-refractivity contribution in [1.82, 2.24) is 20.5 Å². The number of thiophene rings is 1. The summed E-state index contributed by atoms with van der Waals surface area (Å²) in [5, 5.41) is 21.7. The molecule has 0 bridgehead atoms. The number of ether oxygens (including phenoxy) is 1. The van der Waals surface area contributed by atoms with Crippen LogP contribution in [0.2, 0.25) is 0 Å². The van der Waals surface area contributed by atoms with Gasteiger partial charge in [-0.1, -0.05) is 6.07 Å². The molecule has 1 aromatic carbocycles. The highest BCUT2D eigenvalue weighted by Gasteiger charge is 2.24. The molecule has 1 aliphatic carbocycles. The molecule has 0 spiro atoms. The smallest absolute Gasteiger partial charge is 0.319 e. The molecule has 3 aromatic rings. The molecule has 1 saturated carbocycles. The lowest BCUT2D eigenvalue weighted by Gasteiger charge is -2.30. The number of β-amino-alcohol motifs (C(OH)–C–C–N with tert-alkyl or cyclic N) is 1. The molecule has 38 heavy (non-hydrogen) atoms. The Balaban J connectivity index is 1.12. The molecule has 6 rings (SSSR count). The molecule has 1 unspecified atom stereocenters. The number of benzene rings is 1. The average molecular weight is 537 g/mol. The summed E-state index contributed by atoms with van der Waals surface area (Å²) in [5.74, 6) is 0.115. The van der Waals surface area contributed by atoms with Crippen molar-refractivity contribution in [2.45, 2.75) is 31.7 Å². The Kier molecular flexibility index (Phi) is 6.98. The standard InChI is InChI=1S/C27H29FN6O3S/c28-19-11-18(33-27(36)32-17-2-3-17)4-6-22(19)37-23-7-8-29-21-12-24(38-26(21)23)20-5-1-16(13-31-20)14-34-10-9-30-25(35)15-34/h1,4-7,11-13,17,25,29-30,35H,2-3,8-10,14-15H2,(H2,32,33,36). The molecule has 2 amide bonds. The first-order valence-electron chi connectivity index (χ1n) is 12.7. The summed E-state index contributed by atoms with van der Waals surface area (Å²) in [5.41, 5.74) is 3.22. The zero-order chi connectivity index (χ0) is 26.1. The number of nitrogens with one attached hydrogen (secondary N) is 4. The van der Waals surface area contributed by atoms with Crippen LogP contribution >= 0.6 is 11.3 Å². The number of aromatic nitrogens is 1. The molecule has 2 fully saturated rings. The predicted molar refractivity (Wildman–Crippen MR) is 146 cm³/mol. The maximum atomic E-state index is 14.8. The number of rotatable bonds is 7. The molecule has 198 valence electrons. The second-order valence-corrected chi connectivity index (χ2v) is 10.7. The minimum Gasteiger partial charge on any atom is -0.453 e. The Morgan fingerprint density at radius 2 is 2.16 bits per heavy atom. The van der Waals surface area contributed by atoms with Gasteiger partial charge in [0.25, 0.3) is 0 Å². The van der Waals surface area contributed by atoms with Crippen molar-refractivity contribution in [2.24, 2.45) is 0 Å². The number of hydrogen-bond donors (Lipinski definition) is 5. The molecule has 1 saturated heterocycles. The van der Waals surface area contributed by atoms with Crippen LogP contribution < -0.4 is 26.0 Å². The van der Waals surface area contributed by atoms with Crippen LogP contribution in [0, 0.1) is 5.82 Å². The van der Waals surface area contributed by atoms with E-state index < -0.39 is 12.0 Å². The molecule has 3 aliphatic rings. The van der Waals surface area contributed by atoms with E-state index in [2.05, 4.69) is 37.2 Å². The fraction of sp³-hybridized carbons (Fsp3) is 0.333. The van der Waals surface area contributed by atoms with Gasteiger partial charge in [0.2, 0.25) is 0 Å². The molecule has 4 heterocycles. The summed E-state index contributed by atoms with van der Waals surface area (Å²) in [6, 6.07) is 10.4. The fourth-order valence-electron chi connectivity index (χ4n) is 4.48. The van der Waals surface area contributed by atoms with E-state index in [4.69, 9.17) is 4.74 Å². The number of anilines is 2. The maximum Gasteiger partial charge on any atom is 0.319 e. The van der Waals surface area contributed by atoms with E-state index in [-0.39, 0.29) is 17.8 Å². The lowest BCUT2D eigenvalue weighted by molar-refractivity contribution is 0.0510.